The van der Waals surface area contributed by atoms with Gasteiger partial charge in [-0.2, -0.15) is 0 Å². The van der Waals surface area contributed by atoms with Gasteiger partial charge in [0.15, 0.2) is 17.2 Å². The third kappa shape index (κ3) is 2.51. The first kappa shape index (κ1) is 12.2. The summed E-state index contributed by atoms with van der Waals surface area (Å²) in [6.07, 6.45) is 3.86. The number of nitrogens with zero attached hydrogens (tertiary/aromatic N) is 3. The van der Waals surface area contributed by atoms with Crippen molar-refractivity contribution >= 4 is 33.6 Å². The molecule has 0 fully saturated rings. The lowest BCUT2D eigenvalue weighted by molar-refractivity contribution is 0.0686. The quantitative estimate of drug-likeness (QED) is 0.774. The largest absolute Gasteiger partial charge is 0.477 e. The molecule has 2 heterocycles. The molecule has 0 aromatic carbocycles. The molecule has 0 atom stereocenters. The molecule has 9 heteroatoms. The summed E-state index contributed by atoms with van der Waals surface area (Å²) in [6.45, 7) is 0. The van der Waals surface area contributed by atoms with Gasteiger partial charge in [0, 0.05) is 0 Å². The molecule has 0 unspecified atom stereocenters. The molecule has 2 rings (SSSR count). The molecule has 0 radical (unpaired) electrons. The second kappa shape index (κ2) is 4.92. The molecule has 3 N–H and O–H groups in total. The number of rotatable bonds is 3. The summed E-state index contributed by atoms with van der Waals surface area (Å²) in [7, 11) is 0. The summed E-state index contributed by atoms with van der Waals surface area (Å²) in [4.78, 5) is 36.3. The maximum absolute atomic E-state index is 11.7. The summed E-state index contributed by atoms with van der Waals surface area (Å²) in [5, 5.41) is 11.2. The first-order valence-corrected chi connectivity index (χ1v) is 5.43. The van der Waals surface area contributed by atoms with Gasteiger partial charge in [-0.05, 0) is 15.9 Å². The molecule has 1 amide bonds. The number of aromatic nitrogens is 4. The summed E-state index contributed by atoms with van der Waals surface area (Å²) >= 11 is 3.10. The van der Waals surface area contributed by atoms with Crippen LogP contribution in [0.15, 0.2) is 23.3 Å². The number of aromatic carboxylic acids is 1. The SMILES string of the molecule is O=C(Nc1cnc(Br)cn1)c1nc[nH]c1C(=O)O. The fourth-order valence-electron chi connectivity index (χ4n) is 1.18. The summed E-state index contributed by atoms with van der Waals surface area (Å²) < 4.78 is 0.520. The topological polar surface area (TPSA) is 121 Å². The Labute approximate surface area is 109 Å². The Balaban J connectivity index is 2.19. The normalized spacial score (nSPS) is 10.1. The van der Waals surface area contributed by atoms with Crippen LogP contribution in [0.1, 0.15) is 21.0 Å². The van der Waals surface area contributed by atoms with E-state index in [1.165, 1.54) is 12.4 Å². The molecule has 92 valence electrons. The van der Waals surface area contributed by atoms with Crippen LogP contribution in [-0.2, 0) is 0 Å². The first-order chi connectivity index (χ1) is 8.58. The molecule has 2 aromatic rings. The van der Waals surface area contributed by atoms with Crippen molar-refractivity contribution in [2.45, 2.75) is 0 Å². The Bertz CT molecular complexity index is 595. The van der Waals surface area contributed by atoms with Crippen molar-refractivity contribution in [3.05, 3.63) is 34.7 Å². The van der Waals surface area contributed by atoms with Gasteiger partial charge in [-0.15, -0.1) is 0 Å². The van der Waals surface area contributed by atoms with Crippen molar-refractivity contribution in [1.82, 2.24) is 19.9 Å². The third-order valence-corrected chi connectivity index (χ3v) is 2.34. The Hall–Kier alpha value is -2.29. The zero-order valence-electron chi connectivity index (χ0n) is 8.72. The minimum absolute atomic E-state index is 0.197. The molecule has 0 aliphatic carbocycles. The summed E-state index contributed by atoms with van der Waals surface area (Å²) in [5.74, 6) is -1.74. The highest BCUT2D eigenvalue weighted by Crippen LogP contribution is 2.09. The number of anilines is 1. The zero-order valence-corrected chi connectivity index (χ0v) is 10.3. The lowest BCUT2D eigenvalue weighted by atomic mass is 10.3. The zero-order chi connectivity index (χ0) is 13.1. The number of hydrogen-bond acceptors (Lipinski definition) is 5. The predicted molar refractivity (Wildman–Crippen MR) is 63.2 cm³/mol. The van der Waals surface area contributed by atoms with E-state index in [1.54, 1.807) is 0 Å². The summed E-state index contributed by atoms with van der Waals surface area (Å²) in [5.41, 5.74) is -0.496. The number of carboxylic acid groups (broad SMARTS) is 1. The highest BCUT2D eigenvalue weighted by atomic mass is 79.9. The number of amides is 1. The molecule has 0 saturated heterocycles. The van der Waals surface area contributed by atoms with E-state index in [-0.39, 0.29) is 17.2 Å². The van der Waals surface area contributed by atoms with E-state index in [2.05, 4.69) is 41.2 Å². The Morgan fingerprint density at radius 1 is 1.28 bits per heavy atom. The molecule has 0 aliphatic rings. The molecule has 0 spiro atoms. The molecular weight excluding hydrogens is 306 g/mol. The van der Waals surface area contributed by atoms with Crippen LogP contribution < -0.4 is 5.32 Å². The van der Waals surface area contributed by atoms with Crippen LogP contribution in [0, 0.1) is 0 Å². The molecule has 18 heavy (non-hydrogen) atoms. The molecule has 8 nitrogen and oxygen atoms in total. The lowest BCUT2D eigenvalue weighted by Crippen LogP contribution is -2.17. The minimum Gasteiger partial charge on any atom is -0.477 e. The van der Waals surface area contributed by atoms with Gasteiger partial charge in [0.2, 0.25) is 0 Å². The number of nitrogens with one attached hydrogen (secondary N) is 2. The van der Waals surface area contributed by atoms with Crippen molar-refractivity contribution in [1.29, 1.82) is 0 Å². The van der Waals surface area contributed by atoms with Gasteiger partial charge < -0.3 is 15.4 Å². The van der Waals surface area contributed by atoms with E-state index in [0.29, 0.717) is 4.60 Å². The van der Waals surface area contributed by atoms with Gasteiger partial charge in [-0.3, -0.25) is 4.79 Å². The smallest absolute Gasteiger partial charge is 0.354 e. The van der Waals surface area contributed by atoms with Crippen molar-refractivity contribution in [3.63, 3.8) is 0 Å². The number of aromatic amines is 1. The van der Waals surface area contributed by atoms with Gasteiger partial charge in [0.05, 0.1) is 18.7 Å². The third-order valence-electron chi connectivity index (χ3n) is 1.93. The first-order valence-electron chi connectivity index (χ1n) is 4.63. The van der Waals surface area contributed by atoms with Gasteiger partial charge in [0.25, 0.3) is 5.91 Å². The van der Waals surface area contributed by atoms with Gasteiger partial charge in [-0.1, -0.05) is 0 Å². The highest BCUT2D eigenvalue weighted by Gasteiger charge is 2.19. The highest BCUT2D eigenvalue weighted by molar-refractivity contribution is 9.10. The standard InChI is InChI=1S/C9H6BrN5O3/c10-4-1-12-5(2-11-4)15-8(16)6-7(9(17)18)14-3-13-6/h1-3H,(H,13,14)(H,17,18)(H,12,15,16). The number of hydrogen-bond donors (Lipinski definition) is 3. The maximum atomic E-state index is 11.7. The second-order valence-corrected chi connectivity index (χ2v) is 3.92. The maximum Gasteiger partial charge on any atom is 0.354 e. The van der Waals surface area contributed by atoms with Crippen LogP contribution in [0.3, 0.4) is 0 Å². The number of H-pyrrole nitrogens is 1. The fraction of sp³-hybridized carbons (Fsp3) is 0. The Kier molecular flexibility index (Phi) is 3.33. The van der Waals surface area contributed by atoms with E-state index >= 15 is 0 Å². The Morgan fingerprint density at radius 2 is 2.06 bits per heavy atom. The average Bonchev–Trinajstić information content (AvgIpc) is 2.81. The van der Waals surface area contributed by atoms with Crippen LogP contribution in [0.5, 0.6) is 0 Å². The number of halogens is 1. The fourth-order valence-corrected chi connectivity index (χ4v) is 1.39. The van der Waals surface area contributed by atoms with Gasteiger partial charge in [-0.25, -0.2) is 19.7 Å². The van der Waals surface area contributed by atoms with Crippen LogP contribution in [0.25, 0.3) is 0 Å². The molecule has 0 bridgehead atoms. The van der Waals surface area contributed by atoms with Crippen molar-refractivity contribution < 1.29 is 14.7 Å². The minimum atomic E-state index is -1.26. The number of carboxylic acids is 1. The van der Waals surface area contributed by atoms with E-state index in [0.717, 1.165) is 6.33 Å². The van der Waals surface area contributed by atoms with Gasteiger partial charge in [0.1, 0.15) is 4.60 Å². The molecule has 0 aliphatic heterocycles. The summed E-state index contributed by atoms with van der Waals surface area (Å²) in [6, 6.07) is 0. The van der Waals surface area contributed by atoms with Gasteiger partial charge >= 0.3 is 5.97 Å². The van der Waals surface area contributed by atoms with E-state index in [4.69, 9.17) is 5.11 Å². The monoisotopic (exact) mass is 311 g/mol. The van der Waals surface area contributed by atoms with E-state index < -0.39 is 11.9 Å². The molecule has 2 aromatic heterocycles. The van der Waals surface area contributed by atoms with Crippen LogP contribution in [0.2, 0.25) is 0 Å². The van der Waals surface area contributed by atoms with Crippen molar-refractivity contribution in [2.24, 2.45) is 0 Å². The molecule has 0 saturated carbocycles. The predicted octanol–water partition coefficient (Wildman–Crippen LogP) is 0.913. The number of imidazole rings is 1. The second-order valence-electron chi connectivity index (χ2n) is 3.11. The van der Waals surface area contributed by atoms with Crippen LogP contribution >= 0.6 is 15.9 Å². The van der Waals surface area contributed by atoms with Crippen molar-refractivity contribution in [2.75, 3.05) is 5.32 Å². The Morgan fingerprint density at radius 3 is 2.67 bits per heavy atom. The number of carbonyl (C=O) groups excluding carboxylic acids is 1. The van der Waals surface area contributed by atoms with Crippen LogP contribution in [0.4, 0.5) is 5.82 Å². The van der Waals surface area contributed by atoms with Crippen LogP contribution in [-0.4, -0.2) is 36.9 Å². The molecular formula is C9H6BrN5O3. The lowest BCUT2D eigenvalue weighted by Gasteiger charge is -2.02. The number of carbonyl (C=O) groups is 2. The average molecular weight is 312 g/mol. The van der Waals surface area contributed by atoms with E-state index in [9.17, 15) is 9.59 Å². The van der Waals surface area contributed by atoms with E-state index in [1.807, 2.05) is 0 Å². The van der Waals surface area contributed by atoms with Crippen molar-refractivity contribution in [3.8, 4) is 0 Å².